The van der Waals surface area contributed by atoms with E-state index in [-0.39, 0.29) is 18.9 Å². The van der Waals surface area contributed by atoms with Gasteiger partial charge in [-0.05, 0) is 31.2 Å². The fourth-order valence-corrected chi connectivity index (χ4v) is 2.53. The van der Waals surface area contributed by atoms with Gasteiger partial charge in [-0.25, -0.2) is 4.79 Å². The molecule has 0 bridgehead atoms. The summed E-state index contributed by atoms with van der Waals surface area (Å²) in [5.41, 5.74) is 0.589. The van der Waals surface area contributed by atoms with Gasteiger partial charge in [0.15, 0.2) is 5.82 Å². The number of aryl methyl sites for hydroxylation is 1. The maximum atomic E-state index is 12.4. The van der Waals surface area contributed by atoms with Gasteiger partial charge < -0.3 is 9.84 Å². The first-order valence-electron chi connectivity index (χ1n) is 7.04. The van der Waals surface area contributed by atoms with E-state index < -0.39 is 17.8 Å². The van der Waals surface area contributed by atoms with Crippen molar-refractivity contribution in [2.24, 2.45) is 0 Å². The lowest BCUT2D eigenvalue weighted by Gasteiger charge is -2.16. The van der Waals surface area contributed by atoms with Crippen molar-refractivity contribution >= 4 is 45.3 Å². The highest BCUT2D eigenvalue weighted by Gasteiger charge is 2.38. The smallest absolute Gasteiger partial charge is 0.332 e. The Balaban J connectivity index is 1.67. The zero-order valence-electron chi connectivity index (χ0n) is 12.7. The predicted molar refractivity (Wildman–Crippen MR) is 88.5 cm³/mol. The molecule has 24 heavy (non-hydrogen) atoms. The van der Waals surface area contributed by atoms with Gasteiger partial charge in [0.25, 0.3) is 5.91 Å². The van der Waals surface area contributed by atoms with Crippen LogP contribution in [-0.4, -0.2) is 41.0 Å². The van der Waals surface area contributed by atoms with Crippen molar-refractivity contribution in [3.05, 3.63) is 40.6 Å². The summed E-state index contributed by atoms with van der Waals surface area (Å²) >= 11 is 3.31. The number of hydrogen-bond donors (Lipinski definition) is 1. The molecule has 1 aromatic heterocycles. The molecular weight excluding hydrogens is 380 g/mol. The van der Waals surface area contributed by atoms with Gasteiger partial charge in [0.1, 0.15) is 18.8 Å². The van der Waals surface area contributed by atoms with Gasteiger partial charge in [-0.3, -0.25) is 19.4 Å². The molecule has 0 radical (unpaired) electrons. The maximum Gasteiger partial charge on any atom is 0.332 e. The van der Waals surface area contributed by atoms with Crippen molar-refractivity contribution in [3.8, 4) is 0 Å². The van der Waals surface area contributed by atoms with Gasteiger partial charge in [0, 0.05) is 16.2 Å². The Kier molecular flexibility index (Phi) is 4.34. The first kappa shape index (κ1) is 16.2. The second-order valence-electron chi connectivity index (χ2n) is 5.20. The van der Waals surface area contributed by atoms with Crippen LogP contribution in [0.2, 0.25) is 0 Å². The van der Waals surface area contributed by atoms with E-state index in [1.807, 2.05) is 0 Å². The number of anilines is 2. The van der Waals surface area contributed by atoms with Gasteiger partial charge in [-0.15, -0.1) is 0 Å². The van der Waals surface area contributed by atoms with Crippen LogP contribution < -0.4 is 10.2 Å². The summed E-state index contributed by atoms with van der Waals surface area (Å²) in [5, 5.41) is 6.11. The number of nitrogens with one attached hydrogen (secondary N) is 1. The number of halogens is 1. The van der Waals surface area contributed by atoms with Crippen molar-refractivity contribution in [3.63, 3.8) is 0 Å². The number of carbonyl (C=O) groups excluding carboxylic acids is 3. The highest BCUT2D eigenvalue weighted by atomic mass is 79.9. The monoisotopic (exact) mass is 392 g/mol. The zero-order chi connectivity index (χ0) is 17.3. The average Bonchev–Trinajstić information content (AvgIpc) is 3.06. The van der Waals surface area contributed by atoms with E-state index in [4.69, 9.17) is 4.52 Å². The van der Waals surface area contributed by atoms with Crippen LogP contribution >= 0.6 is 15.9 Å². The van der Waals surface area contributed by atoms with Crippen molar-refractivity contribution < 1.29 is 18.9 Å². The third-order valence-corrected chi connectivity index (χ3v) is 3.92. The minimum atomic E-state index is -0.534. The summed E-state index contributed by atoms with van der Waals surface area (Å²) in [4.78, 5) is 38.7. The maximum absolute atomic E-state index is 12.4. The fraction of sp³-hybridized carbons (Fsp3) is 0.200. The molecule has 0 saturated carbocycles. The normalized spacial score (nSPS) is 14.4. The number of nitrogens with zero attached hydrogens (tertiary/aromatic N) is 3. The van der Waals surface area contributed by atoms with Crippen LogP contribution in [0.15, 0.2) is 39.3 Å². The summed E-state index contributed by atoms with van der Waals surface area (Å²) in [5.74, 6) is -0.182. The van der Waals surface area contributed by atoms with Crippen molar-refractivity contribution in [1.29, 1.82) is 0 Å². The first-order valence-corrected chi connectivity index (χ1v) is 7.84. The van der Waals surface area contributed by atoms with Crippen LogP contribution in [0, 0.1) is 6.92 Å². The third-order valence-electron chi connectivity index (χ3n) is 3.39. The lowest BCUT2D eigenvalue weighted by atomic mass is 10.3. The topological polar surface area (TPSA) is 95.8 Å². The lowest BCUT2D eigenvalue weighted by molar-refractivity contribution is -0.128. The molecule has 3 rings (SSSR count). The molecule has 0 atom stereocenters. The van der Waals surface area contributed by atoms with E-state index in [9.17, 15) is 14.4 Å². The number of amides is 4. The van der Waals surface area contributed by atoms with Gasteiger partial charge in [-0.1, -0.05) is 21.1 Å². The second kappa shape index (κ2) is 6.44. The molecule has 1 fully saturated rings. The first-order chi connectivity index (χ1) is 11.4. The second-order valence-corrected chi connectivity index (χ2v) is 6.11. The van der Waals surface area contributed by atoms with Gasteiger partial charge in [0.05, 0.1) is 0 Å². The molecule has 1 aliphatic heterocycles. The Morgan fingerprint density at radius 2 is 2.04 bits per heavy atom. The van der Waals surface area contributed by atoms with Crippen molar-refractivity contribution in [1.82, 2.24) is 10.1 Å². The van der Waals surface area contributed by atoms with E-state index in [0.717, 1.165) is 9.37 Å². The SMILES string of the molecule is Cc1cc(NC(=O)CN2C(=O)CN(c3ccc(Br)cc3)C2=O)no1. The van der Waals surface area contributed by atoms with E-state index in [1.54, 1.807) is 37.3 Å². The Labute approximate surface area is 145 Å². The molecule has 0 aliphatic carbocycles. The highest BCUT2D eigenvalue weighted by Crippen LogP contribution is 2.23. The number of carbonyl (C=O) groups is 3. The van der Waals surface area contributed by atoms with E-state index in [0.29, 0.717) is 11.4 Å². The molecule has 0 spiro atoms. The quantitative estimate of drug-likeness (QED) is 0.804. The average molecular weight is 393 g/mol. The Bertz CT molecular complexity index is 802. The number of benzene rings is 1. The van der Waals surface area contributed by atoms with Crippen LogP contribution in [0.5, 0.6) is 0 Å². The summed E-state index contributed by atoms with van der Waals surface area (Å²) in [6.45, 7) is 1.21. The summed E-state index contributed by atoms with van der Waals surface area (Å²) in [6, 6.07) is 7.99. The van der Waals surface area contributed by atoms with Crippen LogP contribution in [0.25, 0.3) is 0 Å². The number of imide groups is 1. The molecule has 1 saturated heterocycles. The summed E-state index contributed by atoms with van der Waals surface area (Å²) in [7, 11) is 0. The molecule has 124 valence electrons. The highest BCUT2D eigenvalue weighted by molar-refractivity contribution is 9.10. The molecule has 9 heteroatoms. The van der Waals surface area contributed by atoms with E-state index >= 15 is 0 Å². The molecule has 4 amide bonds. The van der Waals surface area contributed by atoms with Crippen LogP contribution in [-0.2, 0) is 9.59 Å². The van der Waals surface area contributed by atoms with Gasteiger partial charge >= 0.3 is 6.03 Å². The fourth-order valence-electron chi connectivity index (χ4n) is 2.27. The predicted octanol–water partition coefficient (Wildman–Crippen LogP) is 2.15. The number of rotatable bonds is 4. The van der Waals surface area contributed by atoms with E-state index in [2.05, 4.69) is 26.4 Å². The zero-order valence-corrected chi connectivity index (χ0v) is 14.2. The van der Waals surface area contributed by atoms with Crippen LogP contribution in [0.1, 0.15) is 5.76 Å². The number of hydrogen-bond acceptors (Lipinski definition) is 5. The Hall–Kier alpha value is -2.68. The Morgan fingerprint density at radius 1 is 1.33 bits per heavy atom. The molecule has 2 aromatic rings. The molecule has 1 aliphatic rings. The van der Waals surface area contributed by atoms with Crippen molar-refractivity contribution in [2.45, 2.75) is 6.92 Å². The Morgan fingerprint density at radius 3 is 2.67 bits per heavy atom. The van der Waals surface area contributed by atoms with Crippen LogP contribution in [0.3, 0.4) is 0 Å². The van der Waals surface area contributed by atoms with Gasteiger partial charge in [-0.2, -0.15) is 0 Å². The minimum Gasteiger partial charge on any atom is -0.360 e. The lowest BCUT2D eigenvalue weighted by Crippen LogP contribution is -2.39. The standard InChI is InChI=1S/C15H13BrN4O4/c1-9-6-12(18-24-9)17-13(21)7-20-14(22)8-19(15(20)23)11-4-2-10(16)3-5-11/h2-6H,7-8H2,1H3,(H,17,18,21). The molecule has 0 unspecified atom stereocenters. The number of urea groups is 1. The number of aromatic nitrogens is 1. The molecular formula is C15H13BrN4O4. The molecule has 1 aromatic carbocycles. The summed E-state index contributed by atoms with van der Waals surface area (Å²) < 4.78 is 5.70. The van der Waals surface area contributed by atoms with Gasteiger partial charge in [0.2, 0.25) is 5.91 Å². The van der Waals surface area contributed by atoms with Crippen molar-refractivity contribution in [2.75, 3.05) is 23.3 Å². The summed E-state index contributed by atoms with van der Waals surface area (Å²) in [6.07, 6.45) is 0. The van der Waals surface area contributed by atoms with Crippen LogP contribution in [0.4, 0.5) is 16.3 Å². The minimum absolute atomic E-state index is 0.100. The molecule has 8 nitrogen and oxygen atoms in total. The molecule has 1 N–H and O–H groups in total. The van der Waals surface area contributed by atoms with E-state index in [1.165, 1.54) is 4.90 Å². The molecule has 2 heterocycles. The third kappa shape index (κ3) is 3.30. The largest absolute Gasteiger partial charge is 0.360 e.